The zero-order valence-corrected chi connectivity index (χ0v) is 15.0. The van der Waals surface area contributed by atoms with Gasteiger partial charge in [0.05, 0.1) is 11.1 Å². The van der Waals surface area contributed by atoms with E-state index in [1.807, 2.05) is 32.0 Å². The van der Waals surface area contributed by atoms with Gasteiger partial charge >= 0.3 is 0 Å². The Morgan fingerprint density at radius 1 is 1.27 bits per heavy atom. The number of hydrogen-bond acceptors (Lipinski definition) is 3. The molecule has 0 fully saturated rings. The fourth-order valence-electron chi connectivity index (χ4n) is 2.83. The summed E-state index contributed by atoms with van der Waals surface area (Å²) in [6, 6.07) is 14.3. The first-order valence-corrected chi connectivity index (χ1v) is 8.48. The summed E-state index contributed by atoms with van der Waals surface area (Å²) in [7, 11) is 0. The first-order valence-electron chi connectivity index (χ1n) is 8.48. The number of amides is 2. The number of benzene rings is 2. The zero-order chi connectivity index (χ0) is 18.7. The lowest BCUT2D eigenvalue weighted by atomic mass is 9.93. The van der Waals surface area contributed by atoms with Crippen LogP contribution in [0.25, 0.3) is 0 Å². The topological polar surface area (TPSA) is 58.6 Å². The quantitative estimate of drug-likeness (QED) is 0.852. The number of nitrogens with one attached hydrogen (secondary N) is 1. The van der Waals surface area contributed by atoms with Gasteiger partial charge in [-0.05, 0) is 38.1 Å². The molecule has 0 aliphatic carbocycles. The summed E-state index contributed by atoms with van der Waals surface area (Å²) < 4.78 is 5.89. The van der Waals surface area contributed by atoms with Crippen molar-refractivity contribution < 1.29 is 14.3 Å². The van der Waals surface area contributed by atoms with E-state index in [-0.39, 0.29) is 18.4 Å². The van der Waals surface area contributed by atoms with Gasteiger partial charge in [-0.25, -0.2) is 0 Å². The van der Waals surface area contributed by atoms with Crippen LogP contribution in [0.4, 0.5) is 11.4 Å². The molecule has 5 heteroatoms. The third-order valence-corrected chi connectivity index (χ3v) is 4.27. The molecule has 0 bridgehead atoms. The molecular formula is C21H22N2O3. The number of nitrogens with zero attached hydrogens (tertiary/aromatic N) is 1. The Morgan fingerprint density at radius 2 is 2.00 bits per heavy atom. The molecule has 1 N–H and O–H groups in total. The van der Waals surface area contributed by atoms with E-state index in [0.717, 1.165) is 0 Å². The smallest absolute Gasteiger partial charge is 0.255 e. The van der Waals surface area contributed by atoms with Gasteiger partial charge in [-0.15, -0.1) is 6.58 Å². The molecule has 2 aromatic rings. The largest absolute Gasteiger partial charge is 0.490 e. The predicted molar refractivity (Wildman–Crippen MR) is 103 cm³/mol. The highest BCUT2D eigenvalue weighted by Gasteiger charge is 2.37. The Hall–Kier alpha value is -3.08. The maximum atomic E-state index is 12.8. The maximum Gasteiger partial charge on any atom is 0.255 e. The fraction of sp³-hybridized carbons (Fsp3) is 0.238. The first kappa shape index (κ1) is 17.7. The molecule has 2 amide bonds. The van der Waals surface area contributed by atoms with E-state index in [1.54, 1.807) is 41.3 Å². The molecule has 0 spiro atoms. The van der Waals surface area contributed by atoms with E-state index in [1.165, 1.54) is 0 Å². The summed E-state index contributed by atoms with van der Waals surface area (Å²) in [5, 5.41) is 2.86. The van der Waals surface area contributed by atoms with Gasteiger partial charge in [0.2, 0.25) is 5.91 Å². The maximum absolute atomic E-state index is 12.8. The van der Waals surface area contributed by atoms with E-state index in [9.17, 15) is 9.59 Å². The molecule has 26 heavy (non-hydrogen) atoms. The van der Waals surface area contributed by atoms with Gasteiger partial charge in [-0.1, -0.05) is 24.3 Å². The number of carbonyl (C=O) groups is 2. The minimum Gasteiger partial charge on any atom is -0.490 e. The van der Waals surface area contributed by atoms with Gasteiger partial charge in [0.1, 0.15) is 12.4 Å². The van der Waals surface area contributed by atoms with Crippen LogP contribution < -0.4 is 15.0 Å². The number of anilines is 2. The minimum atomic E-state index is -0.643. The highest BCUT2D eigenvalue weighted by atomic mass is 16.5. The molecule has 0 radical (unpaired) electrons. The van der Waals surface area contributed by atoms with Gasteiger partial charge in [-0.3, -0.25) is 9.59 Å². The second-order valence-corrected chi connectivity index (χ2v) is 6.88. The Bertz CT molecular complexity index is 844. The van der Waals surface area contributed by atoms with Crippen LogP contribution in [0, 0.1) is 5.41 Å². The van der Waals surface area contributed by atoms with E-state index < -0.39 is 5.41 Å². The summed E-state index contributed by atoms with van der Waals surface area (Å²) in [4.78, 5) is 26.8. The van der Waals surface area contributed by atoms with Crippen molar-refractivity contribution in [2.75, 3.05) is 23.4 Å². The lowest BCUT2D eigenvalue weighted by Gasteiger charge is -2.27. The van der Waals surface area contributed by atoms with E-state index >= 15 is 0 Å². The Balaban J connectivity index is 1.90. The van der Waals surface area contributed by atoms with Gasteiger partial charge in [0.25, 0.3) is 5.91 Å². The second-order valence-electron chi connectivity index (χ2n) is 6.88. The van der Waals surface area contributed by atoms with Gasteiger partial charge < -0.3 is 15.0 Å². The van der Waals surface area contributed by atoms with Crippen LogP contribution in [-0.2, 0) is 4.79 Å². The van der Waals surface area contributed by atoms with Crippen LogP contribution >= 0.6 is 0 Å². The first-order chi connectivity index (χ1) is 12.4. The molecule has 0 saturated carbocycles. The minimum absolute atomic E-state index is 0.0165. The molecule has 0 saturated heterocycles. The van der Waals surface area contributed by atoms with Crippen molar-refractivity contribution in [1.82, 2.24) is 0 Å². The van der Waals surface area contributed by atoms with Crippen molar-refractivity contribution in [1.29, 1.82) is 0 Å². The summed E-state index contributed by atoms with van der Waals surface area (Å²) in [6.45, 7) is 8.12. The summed E-state index contributed by atoms with van der Waals surface area (Å²) in [5.74, 6) is 0.354. The number of ether oxygens (including phenoxy) is 1. The average Bonchev–Trinajstić information content (AvgIpc) is 2.73. The lowest BCUT2D eigenvalue weighted by Crippen LogP contribution is -2.42. The van der Waals surface area contributed by atoms with Gasteiger partial charge in [0, 0.05) is 23.9 Å². The van der Waals surface area contributed by atoms with E-state index in [0.29, 0.717) is 29.2 Å². The highest BCUT2D eigenvalue weighted by molar-refractivity contribution is 6.05. The van der Waals surface area contributed by atoms with Gasteiger partial charge in [-0.2, -0.15) is 0 Å². The standard InChI is InChI=1S/C21H22N2O3/c1-4-12-23-17-11-10-16(22-19(24)15-8-6-5-7-9-15)13-18(17)26-14-21(2,3)20(23)25/h4-11,13H,1,12,14H2,2-3H3,(H,22,24). The van der Waals surface area contributed by atoms with Crippen molar-refractivity contribution >= 4 is 23.2 Å². The predicted octanol–water partition coefficient (Wildman–Crippen LogP) is 3.88. The summed E-state index contributed by atoms with van der Waals surface area (Å²) >= 11 is 0. The number of carbonyl (C=O) groups excluding carboxylic acids is 2. The third-order valence-electron chi connectivity index (χ3n) is 4.27. The van der Waals surface area contributed by atoms with E-state index in [4.69, 9.17) is 4.74 Å². The fourth-order valence-corrected chi connectivity index (χ4v) is 2.83. The molecule has 5 nitrogen and oxygen atoms in total. The molecular weight excluding hydrogens is 328 g/mol. The van der Waals surface area contributed by atoms with E-state index in [2.05, 4.69) is 11.9 Å². The molecule has 0 atom stereocenters. The SMILES string of the molecule is C=CCN1C(=O)C(C)(C)COc2cc(NC(=O)c3ccccc3)ccc21. The van der Waals surface area contributed by atoms with Crippen LogP contribution in [0.3, 0.4) is 0 Å². The molecule has 1 aliphatic rings. The Kier molecular flexibility index (Phi) is 4.80. The number of fused-ring (bicyclic) bond motifs is 1. The Labute approximate surface area is 153 Å². The molecule has 3 rings (SSSR count). The van der Waals surface area contributed by atoms with Crippen LogP contribution in [0.15, 0.2) is 61.2 Å². The molecule has 0 aromatic heterocycles. The second kappa shape index (κ2) is 7.04. The third kappa shape index (κ3) is 3.47. The van der Waals surface area contributed by atoms with Crippen molar-refractivity contribution in [2.24, 2.45) is 5.41 Å². The van der Waals surface area contributed by atoms with Crippen molar-refractivity contribution in [3.8, 4) is 5.75 Å². The highest BCUT2D eigenvalue weighted by Crippen LogP contribution is 2.38. The molecule has 0 unspecified atom stereocenters. The Morgan fingerprint density at radius 3 is 2.69 bits per heavy atom. The summed E-state index contributed by atoms with van der Waals surface area (Å²) in [6.07, 6.45) is 1.69. The van der Waals surface area contributed by atoms with Crippen molar-refractivity contribution in [2.45, 2.75) is 13.8 Å². The molecule has 134 valence electrons. The van der Waals surface area contributed by atoms with Crippen molar-refractivity contribution in [3.05, 3.63) is 66.7 Å². The number of rotatable bonds is 4. The van der Waals surface area contributed by atoms with Gasteiger partial charge in [0.15, 0.2) is 0 Å². The van der Waals surface area contributed by atoms with Crippen LogP contribution in [0.5, 0.6) is 5.75 Å². The number of hydrogen-bond donors (Lipinski definition) is 1. The molecule has 1 aliphatic heterocycles. The normalized spacial score (nSPS) is 15.5. The average molecular weight is 350 g/mol. The van der Waals surface area contributed by atoms with Crippen molar-refractivity contribution in [3.63, 3.8) is 0 Å². The lowest BCUT2D eigenvalue weighted by molar-refractivity contribution is -0.127. The molecule has 2 aromatic carbocycles. The van der Waals surface area contributed by atoms with Crippen LogP contribution in [0.2, 0.25) is 0 Å². The molecule has 1 heterocycles. The van der Waals surface area contributed by atoms with Crippen LogP contribution in [-0.4, -0.2) is 25.0 Å². The monoisotopic (exact) mass is 350 g/mol. The van der Waals surface area contributed by atoms with Crippen LogP contribution in [0.1, 0.15) is 24.2 Å². The zero-order valence-electron chi connectivity index (χ0n) is 15.0. The summed E-state index contributed by atoms with van der Waals surface area (Å²) in [5.41, 5.74) is 1.23.